The van der Waals surface area contributed by atoms with Gasteiger partial charge >= 0.3 is 83.4 Å². The Morgan fingerprint density at radius 2 is 0.408 bits per heavy atom. The maximum absolute atomic E-state index is 14.0. The molecule has 290 valence electrons. The van der Waals surface area contributed by atoms with E-state index in [1.165, 1.54) is 0 Å². The van der Waals surface area contributed by atoms with Crippen LogP contribution in [0, 0.1) is 0 Å². The van der Waals surface area contributed by atoms with E-state index in [4.69, 9.17) is 0 Å². The van der Waals surface area contributed by atoms with Gasteiger partial charge in [0.15, 0.2) is 0 Å². The number of rotatable bonds is 12. The SMILES string of the molecule is FC(F)(F)C(F)(F)C(F)(F)C(F)(F)C(F)(F)C(F)(F)C(F)(F)c1nnc(C(F)(F)C(F)(F)C(F)(F)C(F)(F)C(F)(F)C(F)(F)C(F)(F)F)o1. The Morgan fingerprint density at radius 1 is 0.245 bits per heavy atom. The van der Waals surface area contributed by atoms with E-state index in [0.717, 1.165) is 10.2 Å². The third-order valence-electron chi connectivity index (χ3n) is 5.62. The third kappa shape index (κ3) is 5.25. The number of hydrogen-bond donors (Lipinski definition) is 0. The van der Waals surface area contributed by atoms with E-state index >= 15 is 0 Å². The van der Waals surface area contributed by atoms with Crippen molar-refractivity contribution in [2.45, 2.75) is 83.4 Å². The Labute approximate surface area is 243 Å². The summed E-state index contributed by atoms with van der Waals surface area (Å²) in [6, 6.07) is 0. The molecule has 0 radical (unpaired) electrons. The summed E-state index contributed by atoms with van der Waals surface area (Å²) in [6.07, 6.45) is -16.2. The van der Waals surface area contributed by atoms with Gasteiger partial charge < -0.3 is 4.42 Å². The predicted octanol–water partition coefficient (Wildman–Crippen LogP) is 9.73. The molecule has 0 N–H and O–H groups in total. The fourth-order valence-electron chi connectivity index (χ4n) is 2.68. The second-order valence-corrected chi connectivity index (χ2v) is 8.80. The molecule has 0 aliphatic rings. The average Bonchev–Trinajstić information content (AvgIpc) is 3.38. The molecule has 1 heterocycles. The summed E-state index contributed by atoms with van der Waals surface area (Å²) >= 11 is 0. The van der Waals surface area contributed by atoms with Gasteiger partial charge in [-0.05, 0) is 0 Å². The standard InChI is InChI=1S/C16F30N2O/c17-3(18,5(21,22)7(25,26)9(29,30)11(33,34)13(37,38)15(41,42)43)1-47-48-2(49-1)4(19,20)6(23,24)8(27,28)10(31,32)12(35,36)14(39,40)16(44,45)46. The van der Waals surface area contributed by atoms with Crippen molar-refractivity contribution in [3.63, 3.8) is 0 Å². The van der Waals surface area contributed by atoms with E-state index in [0.29, 0.717) is 0 Å². The predicted molar refractivity (Wildman–Crippen MR) is 83.7 cm³/mol. The van der Waals surface area contributed by atoms with Gasteiger partial charge in [-0.3, -0.25) is 0 Å². The molecule has 0 saturated carbocycles. The molecule has 1 rings (SSSR count). The Bertz CT molecular complexity index is 1260. The molecule has 49 heavy (non-hydrogen) atoms. The van der Waals surface area contributed by atoms with Crippen LogP contribution in [-0.2, 0) is 11.8 Å². The van der Waals surface area contributed by atoms with Crippen molar-refractivity contribution in [3.8, 4) is 0 Å². The van der Waals surface area contributed by atoms with E-state index in [1.54, 1.807) is 0 Å². The number of aromatic nitrogens is 2. The Balaban J connectivity index is 3.86. The maximum atomic E-state index is 14.0. The molecule has 0 unspecified atom stereocenters. The molecule has 0 amide bonds. The van der Waals surface area contributed by atoms with Crippen LogP contribution in [0.4, 0.5) is 132 Å². The topological polar surface area (TPSA) is 38.9 Å². The average molecular weight is 806 g/mol. The highest BCUT2D eigenvalue weighted by Crippen LogP contribution is 2.66. The van der Waals surface area contributed by atoms with Gasteiger partial charge in [0, 0.05) is 0 Å². The van der Waals surface area contributed by atoms with Crippen molar-refractivity contribution in [1.82, 2.24) is 10.2 Å². The summed E-state index contributed by atoms with van der Waals surface area (Å²) < 4.78 is 399. The van der Waals surface area contributed by atoms with Crippen LogP contribution in [0.5, 0.6) is 0 Å². The molecule has 0 saturated heterocycles. The molecule has 33 heteroatoms. The van der Waals surface area contributed by atoms with Gasteiger partial charge in [-0.2, -0.15) is 132 Å². The van der Waals surface area contributed by atoms with E-state index in [2.05, 4.69) is 4.42 Å². The highest BCUT2D eigenvalue weighted by Gasteiger charge is 2.96. The summed E-state index contributed by atoms with van der Waals surface area (Å²) in [6.45, 7) is 0. The zero-order valence-electron chi connectivity index (χ0n) is 20.6. The highest BCUT2D eigenvalue weighted by atomic mass is 19.4. The van der Waals surface area contributed by atoms with Crippen LogP contribution in [0.3, 0.4) is 0 Å². The Hall–Kier alpha value is -2.96. The smallest absolute Gasteiger partial charge is 0.413 e. The molecule has 0 spiro atoms. The summed E-state index contributed by atoms with van der Waals surface area (Å²) in [5, 5.41) is 1.88. The molecule has 0 fully saturated rings. The highest BCUT2D eigenvalue weighted by molar-refractivity contribution is 5.18. The zero-order valence-corrected chi connectivity index (χ0v) is 20.6. The summed E-state index contributed by atoms with van der Waals surface area (Å²) in [7, 11) is 0. The van der Waals surface area contributed by atoms with Gasteiger partial charge in [-0.1, -0.05) is 0 Å². The fraction of sp³-hybridized carbons (Fsp3) is 0.875. The minimum atomic E-state index is -9.08. The van der Waals surface area contributed by atoms with E-state index < -0.39 is 95.2 Å². The monoisotopic (exact) mass is 806 g/mol. The molecule has 3 nitrogen and oxygen atoms in total. The number of hydrogen-bond acceptors (Lipinski definition) is 3. The second-order valence-electron chi connectivity index (χ2n) is 8.80. The summed E-state index contributed by atoms with van der Waals surface area (Å²) in [5.41, 5.74) is 0. The van der Waals surface area contributed by atoms with Crippen molar-refractivity contribution in [1.29, 1.82) is 0 Å². The van der Waals surface area contributed by atoms with Crippen molar-refractivity contribution >= 4 is 0 Å². The Morgan fingerprint density at radius 3 is 0.592 bits per heavy atom. The van der Waals surface area contributed by atoms with Crippen LogP contribution in [0.1, 0.15) is 11.8 Å². The Kier molecular flexibility index (Phi) is 9.69. The number of alkyl halides is 30. The number of nitrogens with zero attached hydrogens (tertiary/aromatic N) is 2. The van der Waals surface area contributed by atoms with Crippen molar-refractivity contribution in [2.24, 2.45) is 0 Å². The van der Waals surface area contributed by atoms with Crippen LogP contribution in [0.15, 0.2) is 4.42 Å². The van der Waals surface area contributed by atoms with E-state index in [9.17, 15) is 132 Å². The summed E-state index contributed by atoms with van der Waals surface area (Å²) in [4.78, 5) is 0. The van der Waals surface area contributed by atoms with Gasteiger partial charge in [-0.25, -0.2) is 0 Å². The van der Waals surface area contributed by atoms with Gasteiger partial charge in [0.2, 0.25) is 0 Å². The first kappa shape index (κ1) is 44.1. The molecule has 0 aromatic carbocycles. The van der Waals surface area contributed by atoms with Crippen LogP contribution in [0.25, 0.3) is 0 Å². The molecular weight excluding hydrogens is 806 g/mol. The van der Waals surface area contributed by atoms with Crippen molar-refractivity contribution in [2.75, 3.05) is 0 Å². The van der Waals surface area contributed by atoms with E-state index in [-0.39, 0.29) is 0 Å². The lowest BCUT2D eigenvalue weighted by molar-refractivity contribution is -0.455. The fourth-order valence-corrected chi connectivity index (χ4v) is 2.68. The first-order chi connectivity index (χ1) is 20.7. The lowest BCUT2D eigenvalue weighted by Gasteiger charge is -2.41. The van der Waals surface area contributed by atoms with Gasteiger partial charge in [0.25, 0.3) is 11.8 Å². The second kappa shape index (κ2) is 10.8. The van der Waals surface area contributed by atoms with Gasteiger partial charge in [0.1, 0.15) is 0 Å². The lowest BCUT2D eigenvalue weighted by atomic mass is 9.91. The van der Waals surface area contributed by atoms with Crippen LogP contribution in [-0.4, -0.2) is 81.8 Å². The van der Waals surface area contributed by atoms with Gasteiger partial charge in [-0.15, -0.1) is 10.2 Å². The molecule has 0 aliphatic heterocycles. The first-order valence-corrected chi connectivity index (χ1v) is 10.2. The zero-order chi connectivity index (χ0) is 40.3. The summed E-state index contributed by atoms with van der Waals surface area (Å²) in [5.74, 6) is -114. The molecule has 1 aromatic heterocycles. The quantitative estimate of drug-likeness (QED) is 0.198. The van der Waals surface area contributed by atoms with Crippen LogP contribution in [0.2, 0.25) is 0 Å². The lowest BCUT2D eigenvalue weighted by Crippen LogP contribution is -2.72. The molecule has 0 bridgehead atoms. The maximum Gasteiger partial charge on any atom is 0.460 e. The van der Waals surface area contributed by atoms with Crippen LogP contribution >= 0.6 is 0 Å². The molecule has 1 aromatic rings. The molecular formula is C16F30N2O. The minimum Gasteiger partial charge on any atom is -0.413 e. The van der Waals surface area contributed by atoms with E-state index in [1.807, 2.05) is 0 Å². The van der Waals surface area contributed by atoms with Crippen LogP contribution < -0.4 is 0 Å². The van der Waals surface area contributed by atoms with Gasteiger partial charge in [0.05, 0.1) is 0 Å². The van der Waals surface area contributed by atoms with Crippen molar-refractivity contribution in [3.05, 3.63) is 11.8 Å². The molecule has 0 atom stereocenters. The first-order valence-electron chi connectivity index (χ1n) is 10.2. The number of halogens is 30. The normalized spacial score (nSPS) is 16.8. The van der Waals surface area contributed by atoms with Crippen molar-refractivity contribution < 1.29 is 136 Å². The molecule has 0 aliphatic carbocycles. The minimum absolute atomic E-state index is 0.941. The third-order valence-corrected chi connectivity index (χ3v) is 5.62. The largest absolute Gasteiger partial charge is 0.460 e.